The third-order valence-electron chi connectivity index (χ3n) is 4.31. The van der Waals surface area contributed by atoms with Crippen molar-refractivity contribution in [2.75, 3.05) is 13.1 Å². The maximum absolute atomic E-state index is 13.0. The quantitative estimate of drug-likeness (QED) is 0.618. The lowest BCUT2D eigenvalue weighted by Crippen LogP contribution is -2.66. The molecule has 6 nitrogen and oxygen atoms in total. The number of nitrogens with zero attached hydrogens (tertiary/aromatic N) is 2. The lowest BCUT2D eigenvalue weighted by molar-refractivity contribution is -0.317. The molecule has 10 heteroatoms. The first-order chi connectivity index (χ1) is 10.1. The molecule has 3 heterocycles. The molecule has 2 saturated heterocycles. The third-order valence-corrected chi connectivity index (χ3v) is 5.50. The Balaban J connectivity index is 1.80. The predicted octanol–water partition coefficient (Wildman–Crippen LogP) is -0.0765. The van der Waals surface area contributed by atoms with E-state index in [0.717, 1.165) is 31.3 Å². The van der Waals surface area contributed by atoms with Crippen LogP contribution in [0.5, 0.6) is 0 Å². The number of alkyl halides is 3. The summed E-state index contributed by atoms with van der Waals surface area (Å²) in [5.74, 6) is 0. The molecule has 22 heavy (non-hydrogen) atoms. The maximum atomic E-state index is 13.0. The highest BCUT2D eigenvalue weighted by Crippen LogP contribution is 2.44. The first-order valence-corrected chi connectivity index (χ1v) is 7.81. The minimum atomic E-state index is -4.99. The summed E-state index contributed by atoms with van der Waals surface area (Å²) in [5.41, 5.74) is -4.12. The van der Waals surface area contributed by atoms with Crippen LogP contribution in [-0.4, -0.2) is 80.0 Å². The number of aliphatic imine (C=N–C) groups is 1. The second-order valence-corrected chi connectivity index (χ2v) is 6.98. The highest BCUT2D eigenvalue weighted by molar-refractivity contribution is 8.14. The molecule has 0 bridgehead atoms. The van der Waals surface area contributed by atoms with Gasteiger partial charge in [0.15, 0.2) is 10.8 Å². The number of fused-ring (bicyclic) bond motifs is 1. The molecule has 6 atom stereocenters. The second-order valence-electron chi connectivity index (χ2n) is 5.91. The average molecular weight is 342 g/mol. The van der Waals surface area contributed by atoms with Crippen molar-refractivity contribution in [2.45, 2.75) is 54.9 Å². The number of rotatable bonds is 1. The zero-order valence-electron chi connectivity index (χ0n) is 11.7. The molecular formula is C12H17F3N2O4S. The molecule has 0 radical (unpaired) electrons. The second kappa shape index (κ2) is 5.23. The van der Waals surface area contributed by atoms with Gasteiger partial charge in [0.1, 0.15) is 29.8 Å². The summed E-state index contributed by atoms with van der Waals surface area (Å²) in [4.78, 5) is 6.18. The van der Waals surface area contributed by atoms with E-state index in [9.17, 15) is 28.5 Å². The van der Waals surface area contributed by atoms with E-state index < -0.39 is 41.6 Å². The third kappa shape index (κ3) is 2.41. The van der Waals surface area contributed by atoms with Crippen LogP contribution in [0.2, 0.25) is 0 Å². The maximum Gasteiger partial charge on any atom is 0.419 e. The summed E-state index contributed by atoms with van der Waals surface area (Å²) in [5, 5.41) is 30.4. The van der Waals surface area contributed by atoms with Gasteiger partial charge in [-0.15, -0.1) is 0 Å². The SMILES string of the molecule is C[C@@](O)(C1OC2SC(N3CCC3)=NC2C(O)C1O)C(F)(F)F. The molecule has 3 N–H and O–H groups in total. The molecule has 0 aromatic rings. The summed E-state index contributed by atoms with van der Waals surface area (Å²) >= 11 is 1.12. The Morgan fingerprint density at radius 3 is 2.41 bits per heavy atom. The predicted molar refractivity (Wildman–Crippen MR) is 72.4 cm³/mol. The fraction of sp³-hybridized carbons (Fsp3) is 0.917. The van der Waals surface area contributed by atoms with E-state index in [2.05, 4.69) is 4.99 Å². The van der Waals surface area contributed by atoms with Crippen molar-refractivity contribution in [3.8, 4) is 0 Å². The molecule has 5 unspecified atom stereocenters. The van der Waals surface area contributed by atoms with Gasteiger partial charge in [0, 0.05) is 13.1 Å². The van der Waals surface area contributed by atoms with E-state index in [1.165, 1.54) is 0 Å². The van der Waals surface area contributed by atoms with Gasteiger partial charge in [0.25, 0.3) is 0 Å². The first-order valence-electron chi connectivity index (χ1n) is 6.93. The normalized spacial score (nSPS) is 41.5. The van der Waals surface area contributed by atoms with Crippen molar-refractivity contribution in [1.82, 2.24) is 4.90 Å². The first kappa shape index (κ1) is 16.3. The fourth-order valence-electron chi connectivity index (χ4n) is 2.63. The van der Waals surface area contributed by atoms with Crippen molar-refractivity contribution < 1.29 is 33.2 Å². The van der Waals surface area contributed by atoms with E-state index in [4.69, 9.17) is 4.74 Å². The zero-order valence-corrected chi connectivity index (χ0v) is 12.5. The number of ether oxygens (including phenoxy) is 1. The number of hydrogen-bond acceptors (Lipinski definition) is 7. The van der Waals surface area contributed by atoms with E-state index in [-0.39, 0.29) is 0 Å². The molecule has 3 aliphatic rings. The summed E-state index contributed by atoms with van der Waals surface area (Å²) in [6.45, 7) is 2.13. The van der Waals surface area contributed by atoms with Gasteiger partial charge in [0.2, 0.25) is 0 Å². The highest BCUT2D eigenvalue weighted by Gasteiger charge is 2.63. The Morgan fingerprint density at radius 2 is 1.91 bits per heavy atom. The van der Waals surface area contributed by atoms with Crippen LogP contribution in [0.3, 0.4) is 0 Å². The number of likely N-dealkylation sites (tertiary alicyclic amines) is 1. The van der Waals surface area contributed by atoms with Crippen LogP contribution in [0.1, 0.15) is 13.3 Å². The van der Waals surface area contributed by atoms with Crippen LogP contribution in [0.25, 0.3) is 0 Å². The number of thioether (sulfide) groups is 1. The molecule has 3 rings (SSSR count). The smallest absolute Gasteiger partial charge is 0.388 e. The van der Waals surface area contributed by atoms with E-state index in [0.29, 0.717) is 12.1 Å². The minimum Gasteiger partial charge on any atom is -0.388 e. The van der Waals surface area contributed by atoms with Crippen molar-refractivity contribution in [2.24, 2.45) is 4.99 Å². The zero-order chi connectivity index (χ0) is 16.3. The van der Waals surface area contributed by atoms with Gasteiger partial charge in [0.05, 0.1) is 0 Å². The summed E-state index contributed by atoms with van der Waals surface area (Å²) in [7, 11) is 0. The Bertz CT molecular complexity index is 483. The number of aliphatic hydroxyl groups excluding tert-OH is 2. The van der Waals surface area contributed by atoms with Crippen molar-refractivity contribution >= 4 is 16.9 Å². The lowest BCUT2D eigenvalue weighted by Gasteiger charge is -2.44. The molecule has 0 spiro atoms. The molecule has 2 fully saturated rings. The largest absolute Gasteiger partial charge is 0.419 e. The molecule has 0 saturated carbocycles. The monoisotopic (exact) mass is 342 g/mol. The summed E-state index contributed by atoms with van der Waals surface area (Å²) in [6.07, 6.45) is -9.36. The summed E-state index contributed by atoms with van der Waals surface area (Å²) in [6, 6.07) is -0.837. The standard InChI is InChI=1S/C12H17F3N2O4S/c1-11(20,12(13,14)15)8-7(19)6(18)5-9(21-8)22-10(16-5)17-3-2-4-17/h5-9,18-20H,2-4H2,1H3/t5?,6?,7?,8?,9?,11-/m1/s1. The van der Waals surface area contributed by atoms with Gasteiger partial charge in [-0.2, -0.15) is 13.2 Å². The molecule has 0 amide bonds. The summed E-state index contributed by atoms with van der Waals surface area (Å²) < 4.78 is 44.2. The van der Waals surface area contributed by atoms with Crippen LogP contribution >= 0.6 is 11.8 Å². The number of amidine groups is 1. The molecule has 0 aromatic heterocycles. The van der Waals surface area contributed by atoms with Crippen LogP contribution in [0.4, 0.5) is 13.2 Å². The average Bonchev–Trinajstić information content (AvgIpc) is 2.73. The van der Waals surface area contributed by atoms with Crippen LogP contribution in [0, 0.1) is 0 Å². The number of aliphatic hydroxyl groups is 3. The number of halogens is 3. The van der Waals surface area contributed by atoms with Crippen molar-refractivity contribution in [1.29, 1.82) is 0 Å². The Kier molecular flexibility index (Phi) is 3.88. The Morgan fingerprint density at radius 1 is 1.27 bits per heavy atom. The molecule has 0 aromatic carbocycles. The van der Waals surface area contributed by atoms with Gasteiger partial charge in [-0.05, 0) is 13.3 Å². The fourth-order valence-corrected chi connectivity index (χ4v) is 3.89. The van der Waals surface area contributed by atoms with Gasteiger partial charge in [-0.1, -0.05) is 11.8 Å². The Labute approximate surface area is 129 Å². The van der Waals surface area contributed by atoms with E-state index in [1.54, 1.807) is 0 Å². The molecule has 126 valence electrons. The van der Waals surface area contributed by atoms with Crippen molar-refractivity contribution in [3.05, 3.63) is 0 Å². The van der Waals surface area contributed by atoms with Crippen LogP contribution in [-0.2, 0) is 4.74 Å². The van der Waals surface area contributed by atoms with Gasteiger partial charge >= 0.3 is 6.18 Å². The highest BCUT2D eigenvalue weighted by atomic mass is 32.2. The van der Waals surface area contributed by atoms with Gasteiger partial charge in [-0.25, -0.2) is 0 Å². The molecular weight excluding hydrogens is 325 g/mol. The Hall–Kier alpha value is -0.550. The lowest BCUT2D eigenvalue weighted by atomic mass is 9.87. The van der Waals surface area contributed by atoms with Crippen molar-refractivity contribution in [3.63, 3.8) is 0 Å². The van der Waals surface area contributed by atoms with E-state index >= 15 is 0 Å². The molecule has 3 aliphatic heterocycles. The number of hydrogen-bond donors (Lipinski definition) is 3. The minimum absolute atomic E-state index is 0.532. The molecule has 0 aliphatic carbocycles. The van der Waals surface area contributed by atoms with Crippen LogP contribution < -0.4 is 0 Å². The van der Waals surface area contributed by atoms with Gasteiger partial charge < -0.3 is 25.0 Å². The van der Waals surface area contributed by atoms with Crippen LogP contribution in [0.15, 0.2) is 4.99 Å². The van der Waals surface area contributed by atoms with Gasteiger partial charge in [-0.3, -0.25) is 4.99 Å². The topological polar surface area (TPSA) is 85.5 Å². The van der Waals surface area contributed by atoms with E-state index in [1.807, 2.05) is 4.90 Å².